The van der Waals surface area contributed by atoms with Gasteiger partial charge in [-0.2, -0.15) is 0 Å². The summed E-state index contributed by atoms with van der Waals surface area (Å²) in [5.41, 5.74) is 3.21. The fraction of sp³-hybridized carbons (Fsp3) is 0.436. The number of nitrogens with one attached hydrogen (secondary N) is 6. The fourth-order valence-electron chi connectivity index (χ4n) is 5.65. The van der Waals surface area contributed by atoms with Crippen LogP contribution in [0.15, 0.2) is 24.3 Å². The van der Waals surface area contributed by atoms with Gasteiger partial charge in [0.1, 0.15) is 30.0 Å². The lowest BCUT2D eigenvalue weighted by Crippen LogP contribution is -2.57. The van der Waals surface area contributed by atoms with E-state index in [-0.39, 0.29) is 18.4 Å². The van der Waals surface area contributed by atoms with Crippen molar-refractivity contribution in [1.82, 2.24) is 36.8 Å². The molecule has 4 atom stereocenters. The number of hydrogen-bond acceptors (Lipinski definition) is 10. The van der Waals surface area contributed by atoms with Gasteiger partial charge in [0.25, 0.3) is 0 Å². The molecule has 8 amide bonds. The number of aliphatic carboxylic acids is 2. The minimum atomic E-state index is -2.57. The van der Waals surface area contributed by atoms with Crippen LogP contribution in [0.25, 0.3) is 0 Å². The highest BCUT2D eigenvalue weighted by atomic mass is 19.2. The number of carboxylic acid groups (broad SMARTS) is 2. The number of hydrogen-bond donors (Lipinski definition) is 9. The number of nitrogens with two attached hydrogens (primary N) is 1. The van der Waals surface area contributed by atoms with Gasteiger partial charge in [-0.1, -0.05) is 31.5 Å². The lowest BCUT2D eigenvalue weighted by Gasteiger charge is -2.25. The van der Waals surface area contributed by atoms with Gasteiger partial charge in [0.2, 0.25) is 53.1 Å². The molecule has 0 saturated heterocycles. The molecule has 2 rings (SSSR count). The summed E-state index contributed by atoms with van der Waals surface area (Å²) in [6.07, 6.45) is -3.00. The first-order valence-electron chi connectivity index (χ1n) is 19.4. The van der Waals surface area contributed by atoms with Gasteiger partial charge in [0.15, 0.2) is 23.3 Å². The SMILES string of the molecule is CCCCC(=O)N[C@@H](CCC(=O)O)C(=O)NCC(=O)N(C)CC(=O)N[C@@H](Cc1c(F)c(F)c(F)c(F)c1F)C(=O)N[C@@H](Cc1ccccc1F)C(=O)NCC(=O)NC(CC(=O)O)C(N)=O. The predicted molar refractivity (Wildman–Crippen MR) is 209 cm³/mol. The van der Waals surface area contributed by atoms with E-state index in [1.807, 2.05) is 16.0 Å². The average Bonchev–Trinajstić information content (AvgIpc) is 3.24. The first kappa shape index (κ1) is 53.9. The molecule has 0 radical (unpaired) electrons. The number of primary amides is 1. The Morgan fingerprint density at radius 3 is 1.74 bits per heavy atom. The Kier molecular flexibility index (Phi) is 21.3. The van der Waals surface area contributed by atoms with E-state index in [1.54, 1.807) is 6.92 Å². The summed E-state index contributed by atoms with van der Waals surface area (Å²) in [6, 6.07) is -2.75. The molecule has 2 aromatic carbocycles. The molecule has 1 unspecified atom stereocenters. The Labute approximate surface area is 365 Å². The normalized spacial score (nSPS) is 12.6. The molecule has 0 aliphatic carbocycles. The quantitative estimate of drug-likeness (QED) is 0.0310. The number of likely N-dealkylation sites (N-methyl/N-ethyl adjacent to an activating group) is 1. The van der Waals surface area contributed by atoms with Crippen molar-refractivity contribution in [3.63, 3.8) is 0 Å². The van der Waals surface area contributed by atoms with Gasteiger partial charge in [-0.25, -0.2) is 26.3 Å². The van der Waals surface area contributed by atoms with Gasteiger partial charge in [-0.05, 0) is 24.5 Å². The zero-order valence-electron chi connectivity index (χ0n) is 34.7. The first-order valence-corrected chi connectivity index (χ1v) is 19.4. The lowest BCUT2D eigenvalue weighted by molar-refractivity contribution is -0.140. The van der Waals surface area contributed by atoms with E-state index in [9.17, 15) is 74.3 Å². The maximum Gasteiger partial charge on any atom is 0.305 e. The van der Waals surface area contributed by atoms with Crippen LogP contribution in [-0.4, -0.2) is 125 Å². The maximum absolute atomic E-state index is 14.9. The van der Waals surface area contributed by atoms with E-state index in [1.165, 1.54) is 12.1 Å². The smallest absolute Gasteiger partial charge is 0.305 e. The Bertz CT molecular complexity index is 2120. The third kappa shape index (κ3) is 17.4. The fourth-order valence-corrected chi connectivity index (χ4v) is 5.65. The van der Waals surface area contributed by atoms with Gasteiger partial charge in [0.05, 0.1) is 26.1 Å². The molecular formula is C39H46F6N8O12. The molecule has 0 bridgehead atoms. The van der Waals surface area contributed by atoms with Gasteiger partial charge in [-0.15, -0.1) is 0 Å². The molecule has 65 heavy (non-hydrogen) atoms. The highest BCUT2D eigenvalue weighted by molar-refractivity contribution is 5.96. The molecule has 0 saturated carbocycles. The van der Waals surface area contributed by atoms with Crippen molar-refractivity contribution in [1.29, 1.82) is 0 Å². The van der Waals surface area contributed by atoms with E-state index in [0.29, 0.717) is 17.7 Å². The van der Waals surface area contributed by atoms with Crippen LogP contribution in [0, 0.1) is 34.9 Å². The highest BCUT2D eigenvalue weighted by Crippen LogP contribution is 2.24. The Morgan fingerprint density at radius 1 is 0.631 bits per heavy atom. The second-order valence-electron chi connectivity index (χ2n) is 14.2. The number of amides is 8. The third-order valence-electron chi connectivity index (χ3n) is 9.13. The Morgan fingerprint density at radius 2 is 1.17 bits per heavy atom. The zero-order chi connectivity index (χ0) is 49.1. The number of benzene rings is 2. The van der Waals surface area contributed by atoms with Gasteiger partial charge >= 0.3 is 11.9 Å². The summed E-state index contributed by atoms with van der Waals surface area (Å²) in [5, 5.41) is 30.5. The molecule has 26 heteroatoms. The Hall–Kier alpha value is -7.28. The van der Waals surface area contributed by atoms with Gasteiger partial charge in [-0.3, -0.25) is 47.9 Å². The van der Waals surface area contributed by atoms with E-state index in [0.717, 1.165) is 19.2 Å². The topological polar surface area (TPSA) is 313 Å². The van der Waals surface area contributed by atoms with Crippen LogP contribution in [0.4, 0.5) is 26.3 Å². The minimum absolute atomic E-state index is 0.0171. The van der Waals surface area contributed by atoms with E-state index in [2.05, 4.69) is 16.0 Å². The predicted octanol–water partition coefficient (Wildman–Crippen LogP) is -1.05. The van der Waals surface area contributed by atoms with Crippen molar-refractivity contribution >= 4 is 59.2 Å². The van der Waals surface area contributed by atoms with E-state index >= 15 is 0 Å². The highest BCUT2D eigenvalue weighted by Gasteiger charge is 2.34. The van der Waals surface area contributed by atoms with Gasteiger partial charge < -0.3 is 52.7 Å². The second-order valence-corrected chi connectivity index (χ2v) is 14.2. The van der Waals surface area contributed by atoms with Crippen LogP contribution in [-0.2, 0) is 60.8 Å². The van der Waals surface area contributed by atoms with E-state index < -0.39 is 169 Å². The molecule has 2 aromatic rings. The van der Waals surface area contributed by atoms with Crippen molar-refractivity contribution < 1.29 is 84.5 Å². The molecule has 0 heterocycles. The van der Waals surface area contributed by atoms with Crippen molar-refractivity contribution in [2.24, 2.45) is 5.73 Å². The second kappa shape index (κ2) is 25.7. The number of rotatable bonds is 26. The Balaban J connectivity index is 2.38. The number of unbranched alkanes of at least 4 members (excludes halogenated alkanes) is 1. The molecule has 0 aliphatic heterocycles. The van der Waals surface area contributed by atoms with Crippen LogP contribution < -0.4 is 37.6 Å². The molecule has 10 N–H and O–H groups in total. The number of halogens is 6. The third-order valence-corrected chi connectivity index (χ3v) is 9.13. The summed E-state index contributed by atoms with van der Waals surface area (Å²) in [7, 11) is 1.000. The minimum Gasteiger partial charge on any atom is -0.481 e. The summed E-state index contributed by atoms with van der Waals surface area (Å²) in [4.78, 5) is 125. The number of carbonyl (C=O) groups is 10. The van der Waals surface area contributed by atoms with Crippen LogP contribution in [0.1, 0.15) is 56.6 Å². The van der Waals surface area contributed by atoms with Crippen molar-refractivity contribution in [3.8, 4) is 0 Å². The molecule has 0 spiro atoms. The van der Waals surface area contributed by atoms with Crippen molar-refractivity contribution in [2.75, 3.05) is 26.7 Å². The molecule has 0 fully saturated rings. The maximum atomic E-state index is 14.9. The largest absolute Gasteiger partial charge is 0.481 e. The van der Waals surface area contributed by atoms with E-state index in [4.69, 9.17) is 15.9 Å². The van der Waals surface area contributed by atoms with Crippen LogP contribution in [0.5, 0.6) is 0 Å². The first-order chi connectivity index (χ1) is 30.5. The lowest BCUT2D eigenvalue weighted by atomic mass is 10.0. The number of carboxylic acids is 2. The monoisotopic (exact) mass is 932 g/mol. The van der Waals surface area contributed by atoms with Crippen LogP contribution in [0.2, 0.25) is 0 Å². The summed E-state index contributed by atoms with van der Waals surface area (Å²) >= 11 is 0. The standard InChI is InChI=1S/C39H46F6N8O12/c1-3-4-9-25(54)49-21(10-11-29(58)59)37(63)48-16-28(57)53(2)17-27(56)51-24(13-19-31(41)33(43)35(45)34(44)32(19)42)39(65)52-23(12-18-7-5-6-8-20(18)40)38(64)47-15-26(55)50-22(36(46)62)14-30(60)61/h5-8,21-24H,3-4,9-17H2,1-2H3,(H2,46,62)(H,47,64)(H,48,63)(H,49,54)(H,50,55)(H,51,56)(H,52,65)(H,58,59)(H,60,61)/t21-,22?,23-,24-/m0/s1. The summed E-state index contributed by atoms with van der Waals surface area (Å²) in [6.45, 7) is -1.09. The van der Waals surface area contributed by atoms with Crippen LogP contribution in [0.3, 0.4) is 0 Å². The van der Waals surface area contributed by atoms with Crippen LogP contribution >= 0.6 is 0 Å². The summed E-state index contributed by atoms with van der Waals surface area (Å²) in [5.74, 6) is -25.2. The average molecular weight is 933 g/mol. The van der Waals surface area contributed by atoms with Crippen molar-refractivity contribution in [3.05, 3.63) is 70.3 Å². The van der Waals surface area contributed by atoms with Crippen molar-refractivity contribution in [2.45, 2.75) is 82.5 Å². The summed E-state index contributed by atoms with van der Waals surface area (Å²) < 4.78 is 86.9. The van der Waals surface area contributed by atoms with Gasteiger partial charge in [0, 0.05) is 38.3 Å². The molecule has 0 aliphatic rings. The molecule has 0 aromatic heterocycles. The zero-order valence-corrected chi connectivity index (χ0v) is 34.7. The number of nitrogens with zero attached hydrogens (tertiary/aromatic N) is 1. The molecule has 20 nitrogen and oxygen atoms in total. The molecular weight excluding hydrogens is 886 g/mol. The molecule has 356 valence electrons. The number of carbonyl (C=O) groups excluding carboxylic acids is 8.